The fourth-order valence-electron chi connectivity index (χ4n) is 3.61. The van der Waals surface area contributed by atoms with Gasteiger partial charge in [-0.2, -0.15) is 5.10 Å². The molecule has 0 unspecified atom stereocenters. The molecular weight excluding hydrogens is 419 g/mol. The van der Waals surface area contributed by atoms with Gasteiger partial charge in [0, 0.05) is 15.6 Å². The topological polar surface area (TPSA) is 58.3 Å². The van der Waals surface area contributed by atoms with Gasteiger partial charge in [0.05, 0.1) is 28.2 Å². The third kappa shape index (κ3) is 3.80. The van der Waals surface area contributed by atoms with Crippen molar-refractivity contribution in [3.8, 4) is 16.9 Å². The van der Waals surface area contributed by atoms with Crippen molar-refractivity contribution >= 4 is 34.8 Å². The lowest BCUT2D eigenvalue weighted by Crippen LogP contribution is -2.33. The number of rotatable bonds is 3. The van der Waals surface area contributed by atoms with Crippen LogP contribution >= 0.6 is 34.8 Å². The van der Waals surface area contributed by atoms with Gasteiger partial charge in [-0.05, 0) is 62.1 Å². The Bertz CT molecular complexity index is 993. The Labute approximate surface area is 178 Å². The molecule has 0 amide bonds. The third-order valence-electron chi connectivity index (χ3n) is 5.25. The Hall–Kier alpha value is -1.56. The Morgan fingerprint density at radius 2 is 1.57 bits per heavy atom. The first-order chi connectivity index (χ1) is 13.4. The molecule has 4 rings (SSSR count). The molecular formula is C21H19Cl3N2O2. The molecule has 28 heavy (non-hydrogen) atoms. The zero-order chi connectivity index (χ0) is 19.9. The molecule has 2 aromatic carbocycles. The normalized spacial score (nSPS) is 22.4. The van der Waals surface area contributed by atoms with Crippen LogP contribution < -0.4 is 0 Å². The summed E-state index contributed by atoms with van der Waals surface area (Å²) in [5, 5.41) is 27.4. The second-order valence-electron chi connectivity index (χ2n) is 7.19. The predicted molar refractivity (Wildman–Crippen MR) is 112 cm³/mol. The smallest absolute Gasteiger partial charge is 0.109 e. The van der Waals surface area contributed by atoms with Crippen LogP contribution in [0.1, 0.15) is 31.4 Å². The minimum Gasteiger partial charge on any atom is -0.393 e. The molecule has 1 fully saturated rings. The monoisotopic (exact) mass is 436 g/mol. The molecule has 1 saturated carbocycles. The van der Waals surface area contributed by atoms with Crippen molar-refractivity contribution in [2.75, 3.05) is 0 Å². The first-order valence-corrected chi connectivity index (χ1v) is 10.2. The average molecular weight is 438 g/mol. The van der Waals surface area contributed by atoms with Gasteiger partial charge >= 0.3 is 0 Å². The van der Waals surface area contributed by atoms with E-state index < -0.39 is 5.60 Å². The van der Waals surface area contributed by atoms with E-state index >= 15 is 0 Å². The zero-order valence-corrected chi connectivity index (χ0v) is 17.2. The quantitative estimate of drug-likeness (QED) is 0.559. The molecule has 3 aromatic rings. The summed E-state index contributed by atoms with van der Waals surface area (Å²) in [6.45, 7) is 0. The number of hydrogen-bond donors (Lipinski definition) is 2. The van der Waals surface area contributed by atoms with Crippen LogP contribution in [-0.2, 0) is 5.60 Å². The van der Waals surface area contributed by atoms with Gasteiger partial charge < -0.3 is 10.2 Å². The van der Waals surface area contributed by atoms with Crippen molar-refractivity contribution in [2.45, 2.75) is 37.4 Å². The highest BCUT2D eigenvalue weighted by Crippen LogP contribution is 2.39. The van der Waals surface area contributed by atoms with Crippen molar-refractivity contribution in [1.29, 1.82) is 0 Å². The number of hydrogen-bond acceptors (Lipinski definition) is 3. The standard InChI is InChI=1S/C21H19Cl3N2O2/c22-14-3-1-13(2-4-14)19-12-20(21(28)9-7-16(27)8-10-21)25-26(19)18-6-5-15(23)11-17(18)24/h1-6,11-12,16,27-28H,7-10H2. The van der Waals surface area contributed by atoms with E-state index in [9.17, 15) is 10.2 Å². The van der Waals surface area contributed by atoms with Gasteiger partial charge in [0.15, 0.2) is 0 Å². The van der Waals surface area contributed by atoms with Gasteiger partial charge in [-0.15, -0.1) is 0 Å². The second-order valence-corrected chi connectivity index (χ2v) is 8.47. The van der Waals surface area contributed by atoms with Crippen molar-refractivity contribution in [1.82, 2.24) is 9.78 Å². The predicted octanol–water partition coefficient (Wildman–Crippen LogP) is 5.62. The average Bonchev–Trinajstić information content (AvgIpc) is 3.11. The van der Waals surface area contributed by atoms with Crippen LogP contribution in [-0.4, -0.2) is 26.1 Å². The van der Waals surface area contributed by atoms with Crippen molar-refractivity contribution in [3.05, 3.63) is 69.3 Å². The molecule has 0 saturated heterocycles. The lowest BCUT2D eigenvalue weighted by molar-refractivity contribution is -0.0393. The second kappa shape index (κ2) is 7.69. The number of benzene rings is 2. The highest BCUT2D eigenvalue weighted by Gasteiger charge is 2.37. The summed E-state index contributed by atoms with van der Waals surface area (Å²) >= 11 is 18.5. The van der Waals surface area contributed by atoms with Crippen LogP contribution in [0.25, 0.3) is 16.9 Å². The molecule has 4 nitrogen and oxygen atoms in total. The molecule has 0 aliphatic heterocycles. The Balaban J connectivity index is 1.85. The van der Waals surface area contributed by atoms with E-state index in [2.05, 4.69) is 0 Å². The molecule has 146 valence electrons. The maximum Gasteiger partial charge on any atom is 0.109 e. The fourth-order valence-corrected chi connectivity index (χ4v) is 4.22. The highest BCUT2D eigenvalue weighted by molar-refractivity contribution is 6.35. The largest absolute Gasteiger partial charge is 0.393 e. The number of aromatic nitrogens is 2. The van der Waals surface area contributed by atoms with Crippen LogP contribution in [0, 0.1) is 0 Å². The summed E-state index contributed by atoms with van der Waals surface area (Å²) in [6, 6.07) is 14.5. The number of halogens is 3. The first-order valence-electron chi connectivity index (χ1n) is 9.08. The van der Waals surface area contributed by atoms with Gasteiger partial charge in [0.2, 0.25) is 0 Å². The van der Waals surface area contributed by atoms with E-state index in [-0.39, 0.29) is 6.10 Å². The summed E-state index contributed by atoms with van der Waals surface area (Å²) in [5.41, 5.74) is 1.84. The lowest BCUT2D eigenvalue weighted by Gasteiger charge is -2.32. The fraction of sp³-hybridized carbons (Fsp3) is 0.286. The molecule has 0 radical (unpaired) electrons. The zero-order valence-electron chi connectivity index (χ0n) is 14.9. The van der Waals surface area contributed by atoms with Gasteiger partial charge in [0.1, 0.15) is 5.60 Å². The molecule has 1 aliphatic rings. The maximum atomic E-state index is 11.2. The summed E-state index contributed by atoms with van der Waals surface area (Å²) in [4.78, 5) is 0. The minimum atomic E-state index is -1.08. The van der Waals surface area contributed by atoms with Crippen LogP contribution in [0.2, 0.25) is 15.1 Å². The maximum absolute atomic E-state index is 11.2. The Morgan fingerprint density at radius 3 is 2.21 bits per heavy atom. The van der Waals surface area contributed by atoms with E-state index in [0.717, 1.165) is 11.3 Å². The van der Waals surface area contributed by atoms with E-state index in [0.29, 0.717) is 52.1 Å². The molecule has 0 bridgehead atoms. The summed E-state index contributed by atoms with van der Waals surface area (Å²) in [5.74, 6) is 0. The SMILES string of the molecule is OC1CCC(O)(c2cc(-c3ccc(Cl)cc3)n(-c3ccc(Cl)cc3Cl)n2)CC1. The van der Waals surface area contributed by atoms with Crippen molar-refractivity contribution < 1.29 is 10.2 Å². The highest BCUT2D eigenvalue weighted by atomic mass is 35.5. The molecule has 1 heterocycles. The first kappa shape index (κ1) is 19.7. The third-order valence-corrected chi connectivity index (χ3v) is 6.04. The number of aliphatic hydroxyl groups excluding tert-OH is 1. The summed E-state index contributed by atoms with van der Waals surface area (Å²) in [6.07, 6.45) is 1.63. The van der Waals surface area contributed by atoms with Gasteiger partial charge in [-0.3, -0.25) is 0 Å². The van der Waals surface area contributed by atoms with E-state index in [1.54, 1.807) is 22.9 Å². The van der Waals surface area contributed by atoms with Gasteiger partial charge in [-0.1, -0.05) is 46.9 Å². The van der Waals surface area contributed by atoms with E-state index in [4.69, 9.17) is 39.9 Å². The van der Waals surface area contributed by atoms with Crippen LogP contribution in [0.15, 0.2) is 48.5 Å². The van der Waals surface area contributed by atoms with Crippen LogP contribution in [0.4, 0.5) is 0 Å². The molecule has 2 N–H and O–H groups in total. The molecule has 0 atom stereocenters. The summed E-state index contributed by atoms with van der Waals surface area (Å²) < 4.78 is 1.72. The lowest BCUT2D eigenvalue weighted by atomic mass is 9.81. The minimum absolute atomic E-state index is 0.371. The molecule has 7 heteroatoms. The van der Waals surface area contributed by atoms with Crippen molar-refractivity contribution in [2.24, 2.45) is 0 Å². The molecule has 1 aromatic heterocycles. The molecule has 1 aliphatic carbocycles. The van der Waals surface area contributed by atoms with Crippen LogP contribution in [0.5, 0.6) is 0 Å². The van der Waals surface area contributed by atoms with E-state index in [1.807, 2.05) is 30.3 Å². The van der Waals surface area contributed by atoms with Gasteiger partial charge in [-0.25, -0.2) is 4.68 Å². The van der Waals surface area contributed by atoms with Crippen molar-refractivity contribution in [3.63, 3.8) is 0 Å². The number of aliphatic hydroxyl groups is 2. The number of nitrogens with zero attached hydrogens (tertiary/aromatic N) is 2. The van der Waals surface area contributed by atoms with E-state index in [1.165, 1.54) is 0 Å². The summed E-state index contributed by atoms with van der Waals surface area (Å²) in [7, 11) is 0. The molecule has 0 spiro atoms. The Kier molecular flexibility index (Phi) is 5.43. The van der Waals surface area contributed by atoms with Gasteiger partial charge in [0.25, 0.3) is 0 Å². The Morgan fingerprint density at radius 1 is 0.929 bits per heavy atom. The van der Waals surface area contributed by atoms with Crippen LogP contribution in [0.3, 0.4) is 0 Å².